The first kappa shape index (κ1) is 16.1. The van der Waals surface area contributed by atoms with Gasteiger partial charge in [-0.1, -0.05) is 37.1 Å². The second-order valence-corrected chi connectivity index (χ2v) is 6.66. The Morgan fingerprint density at radius 2 is 1.54 bits per heavy atom. The maximum Gasteiger partial charge on any atom is 0.255 e. The minimum atomic E-state index is -2.25. The third-order valence-corrected chi connectivity index (χ3v) is 5.68. The summed E-state index contributed by atoms with van der Waals surface area (Å²) in [5, 5.41) is 25.7. The molecule has 4 atom stereocenters. The van der Waals surface area contributed by atoms with E-state index in [2.05, 4.69) is 0 Å². The van der Waals surface area contributed by atoms with Crippen molar-refractivity contribution in [1.29, 1.82) is 0 Å². The average molecular weight is 334 g/mol. The van der Waals surface area contributed by atoms with Gasteiger partial charge >= 0.3 is 0 Å². The molecule has 1 saturated heterocycles. The number of fused-ring (bicyclic) bond motifs is 4. The molecular formula is C17H22N2O5. The van der Waals surface area contributed by atoms with Crippen molar-refractivity contribution in [3.8, 4) is 0 Å². The molecule has 1 saturated carbocycles. The minimum Gasteiger partial charge on any atom is -0.366 e. The summed E-state index contributed by atoms with van der Waals surface area (Å²) in [4.78, 5) is 24.0. The number of piperazine rings is 1. The summed E-state index contributed by atoms with van der Waals surface area (Å²) in [5.41, 5.74) is -3.65. The topological polar surface area (TPSA) is 82.5 Å². The van der Waals surface area contributed by atoms with Gasteiger partial charge in [0.05, 0.1) is 26.3 Å². The SMILES string of the molecule is CON1C2CCCCC2N(OC)C2(O)c3ccccc3C(=O)C12O. The summed E-state index contributed by atoms with van der Waals surface area (Å²) in [6.07, 6.45) is 3.49. The third-order valence-electron chi connectivity index (χ3n) is 5.68. The molecule has 0 spiro atoms. The number of hydrogen-bond acceptors (Lipinski definition) is 7. The van der Waals surface area contributed by atoms with Gasteiger partial charge in [0.15, 0.2) is 0 Å². The van der Waals surface area contributed by atoms with Crippen molar-refractivity contribution in [2.45, 2.75) is 49.2 Å². The van der Waals surface area contributed by atoms with Gasteiger partial charge in [-0.25, -0.2) is 0 Å². The number of hydroxylamine groups is 4. The van der Waals surface area contributed by atoms with E-state index < -0.39 is 17.2 Å². The highest BCUT2D eigenvalue weighted by molar-refractivity contribution is 6.08. The lowest BCUT2D eigenvalue weighted by molar-refractivity contribution is -0.455. The fourth-order valence-corrected chi connectivity index (χ4v) is 4.70. The standard InChI is InChI=1S/C17H22N2O5/c1-23-18-13-9-5-6-10-14(13)19(24-2)17(22)15(20)11-7-3-4-8-12(11)16(17,18)21/h3-4,7-8,13-14,21-22H,5-6,9-10H2,1-2H3. The minimum absolute atomic E-state index is 0.187. The first-order valence-electron chi connectivity index (χ1n) is 8.27. The van der Waals surface area contributed by atoms with Gasteiger partial charge in [0.25, 0.3) is 5.72 Å². The van der Waals surface area contributed by atoms with Gasteiger partial charge in [0.2, 0.25) is 11.5 Å². The first-order valence-corrected chi connectivity index (χ1v) is 8.27. The molecule has 1 aliphatic heterocycles. The number of benzene rings is 1. The van der Waals surface area contributed by atoms with E-state index >= 15 is 0 Å². The molecule has 3 aliphatic rings. The van der Waals surface area contributed by atoms with Crippen LogP contribution in [0.2, 0.25) is 0 Å². The number of ketones is 1. The predicted molar refractivity (Wildman–Crippen MR) is 83.4 cm³/mol. The van der Waals surface area contributed by atoms with E-state index in [9.17, 15) is 15.0 Å². The Labute approximate surface area is 140 Å². The Kier molecular flexibility index (Phi) is 3.58. The number of carbonyl (C=O) groups excluding carboxylic acids is 1. The molecule has 7 nitrogen and oxygen atoms in total. The molecule has 130 valence electrons. The zero-order valence-corrected chi connectivity index (χ0v) is 13.8. The van der Waals surface area contributed by atoms with Crippen LogP contribution in [0.3, 0.4) is 0 Å². The fourth-order valence-electron chi connectivity index (χ4n) is 4.70. The molecule has 0 radical (unpaired) electrons. The second kappa shape index (κ2) is 5.32. The van der Waals surface area contributed by atoms with Crippen LogP contribution in [0.5, 0.6) is 0 Å². The highest BCUT2D eigenvalue weighted by Gasteiger charge is 2.75. The van der Waals surface area contributed by atoms with Crippen LogP contribution in [0.15, 0.2) is 24.3 Å². The Morgan fingerprint density at radius 3 is 2.12 bits per heavy atom. The van der Waals surface area contributed by atoms with E-state index in [4.69, 9.17) is 9.68 Å². The van der Waals surface area contributed by atoms with Gasteiger partial charge in [-0.2, -0.15) is 0 Å². The van der Waals surface area contributed by atoms with Gasteiger partial charge in [-0.15, -0.1) is 10.1 Å². The molecule has 1 heterocycles. The van der Waals surface area contributed by atoms with Crippen molar-refractivity contribution in [3.63, 3.8) is 0 Å². The molecule has 24 heavy (non-hydrogen) atoms. The Bertz CT molecular complexity index is 683. The first-order chi connectivity index (χ1) is 11.5. The number of carbonyl (C=O) groups is 1. The van der Waals surface area contributed by atoms with Crippen LogP contribution >= 0.6 is 0 Å². The van der Waals surface area contributed by atoms with E-state index in [-0.39, 0.29) is 17.6 Å². The molecule has 1 aromatic carbocycles. The number of rotatable bonds is 2. The van der Waals surface area contributed by atoms with Crippen molar-refractivity contribution in [3.05, 3.63) is 35.4 Å². The van der Waals surface area contributed by atoms with Gasteiger partial charge < -0.3 is 10.2 Å². The summed E-state index contributed by atoms with van der Waals surface area (Å²) >= 11 is 0. The predicted octanol–water partition coefficient (Wildman–Crippen LogP) is 0.768. The molecule has 4 rings (SSSR count). The van der Waals surface area contributed by atoms with Crippen LogP contribution in [0.4, 0.5) is 0 Å². The van der Waals surface area contributed by atoms with E-state index in [1.54, 1.807) is 24.3 Å². The molecule has 2 fully saturated rings. The van der Waals surface area contributed by atoms with Crippen molar-refractivity contribution in [2.24, 2.45) is 0 Å². The maximum atomic E-state index is 13.0. The van der Waals surface area contributed by atoms with Crippen LogP contribution in [-0.2, 0) is 15.4 Å². The monoisotopic (exact) mass is 334 g/mol. The normalized spacial score (nSPS) is 39.4. The molecule has 2 aliphatic carbocycles. The van der Waals surface area contributed by atoms with Crippen molar-refractivity contribution in [1.82, 2.24) is 10.1 Å². The largest absolute Gasteiger partial charge is 0.366 e. The number of Topliss-reactive ketones (excluding diaryl/α,β-unsaturated/α-hetero) is 1. The third kappa shape index (κ3) is 1.64. The van der Waals surface area contributed by atoms with Crippen LogP contribution in [-0.4, -0.2) is 58.2 Å². The molecule has 0 aromatic heterocycles. The van der Waals surface area contributed by atoms with E-state index in [0.717, 1.165) is 25.7 Å². The summed E-state index contributed by atoms with van der Waals surface area (Å²) in [5.74, 6) is -0.575. The lowest BCUT2D eigenvalue weighted by atomic mass is 9.81. The molecule has 0 bridgehead atoms. The molecule has 0 amide bonds. The number of nitrogens with zero attached hydrogens (tertiary/aromatic N) is 2. The smallest absolute Gasteiger partial charge is 0.255 e. The van der Waals surface area contributed by atoms with Gasteiger partial charge in [0, 0.05) is 11.1 Å². The Hall–Kier alpha value is -1.35. The molecule has 2 N–H and O–H groups in total. The van der Waals surface area contributed by atoms with Crippen LogP contribution in [0, 0.1) is 0 Å². The van der Waals surface area contributed by atoms with Gasteiger partial charge in [-0.05, 0) is 12.8 Å². The molecule has 4 unspecified atom stereocenters. The Balaban J connectivity index is 1.97. The van der Waals surface area contributed by atoms with E-state index in [1.807, 2.05) is 0 Å². The quantitative estimate of drug-likeness (QED) is 0.826. The van der Waals surface area contributed by atoms with Crippen molar-refractivity contribution < 1.29 is 24.7 Å². The van der Waals surface area contributed by atoms with Crippen molar-refractivity contribution >= 4 is 5.78 Å². The van der Waals surface area contributed by atoms with E-state index in [1.165, 1.54) is 24.3 Å². The highest BCUT2D eigenvalue weighted by atomic mass is 16.7. The van der Waals surface area contributed by atoms with Crippen LogP contribution in [0.1, 0.15) is 41.6 Å². The lowest BCUT2D eigenvalue weighted by Gasteiger charge is -2.59. The van der Waals surface area contributed by atoms with Gasteiger partial charge in [-0.3, -0.25) is 14.5 Å². The van der Waals surface area contributed by atoms with Crippen LogP contribution in [0.25, 0.3) is 0 Å². The number of hydrogen-bond donors (Lipinski definition) is 2. The molecule has 1 aromatic rings. The fraction of sp³-hybridized carbons (Fsp3) is 0.588. The number of aliphatic hydroxyl groups is 2. The van der Waals surface area contributed by atoms with Crippen molar-refractivity contribution in [2.75, 3.05) is 14.2 Å². The second-order valence-electron chi connectivity index (χ2n) is 6.66. The lowest BCUT2D eigenvalue weighted by Crippen LogP contribution is -2.79. The molecule has 7 heteroatoms. The van der Waals surface area contributed by atoms with E-state index in [0.29, 0.717) is 5.56 Å². The average Bonchev–Trinajstić information content (AvgIpc) is 2.79. The summed E-state index contributed by atoms with van der Waals surface area (Å²) in [7, 11) is 2.88. The van der Waals surface area contributed by atoms with Crippen LogP contribution < -0.4 is 0 Å². The summed E-state index contributed by atoms with van der Waals surface area (Å²) < 4.78 is 0. The zero-order valence-electron chi connectivity index (χ0n) is 13.8. The van der Waals surface area contributed by atoms with Gasteiger partial charge in [0.1, 0.15) is 0 Å². The highest BCUT2D eigenvalue weighted by Crippen LogP contribution is 2.54. The maximum absolute atomic E-state index is 13.0. The summed E-state index contributed by atoms with van der Waals surface area (Å²) in [6.45, 7) is 0. The zero-order chi connectivity index (χ0) is 17.1. The summed E-state index contributed by atoms with van der Waals surface area (Å²) in [6, 6.07) is 6.27. The molecular weight excluding hydrogens is 312 g/mol. The Morgan fingerprint density at radius 1 is 1.00 bits per heavy atom.